The highest BCUT2D eigenvalue weighted by Crippen LogP contribution is 2.36. The number of carbonyl (C=O) groups excluding carboxylic acids is 1. The fourth-order valence-electron chi connectivity index (χ4n) is 3.28. The van der Waals surface area contributed by atoms with Gasteiger partial charge in [-0.05, 0) is 38.1 Å². The molecule has 7 heteroatoms. The Labute approximate surface area is 157 Å². The molecule has 3 aromatic rings. The van der Waals surface area contributed by atoms with Gasteiger partial charge in [0, 0.05) is 44.9 Å². The van der Waals surface area contributed by atoms with Gasteiger partial charge in [0.25, 0.3) is 0 Å². The molecule has 26 heavy (non-hydrogen) atoms. The van der Waals surface area contributed by atoms with E-state index in [0.717, 1.165) is 32.8 Å². The summed E-state index contributed by atoms with van der Waals surface area (Å²) in [6.45, 7) is 8.48. The average Bonchev–Trinajstić information content (AvgIpc) is 3.13. The van der Waals surface area contributed by atoms with Gasteiger partial charge >= 0.3 is 0 Å². The number of aryl methyl sites for hydroxylation is 2. The van der Waals surface area contributed by atoms with Gasteiger partial charge in [0.05, 0.1) is 10.6 Å². The lowest BCUT2D eigenvalue weighted by Crippen LogP contribution is -2.30. The molecule has 0 aliphatic rings. The van der Waals surface area contributed by atoms with Gasteiger partial charge in [-0.2, -0.15) is 4.31 Å². The van der Waals surface area contributed by atoms with Gasteiger partial charge in [0.15, 0.2) is 6.29 Å². The molecule has 0 atom stereocenters. The maximum Gasteiger partial charge on any atom is 0.243 e. The number of carbonyl (C=O) groups is 1. The monoisotopic (exact) mass is 390 g/mol. The first kappa shape index (κ1) is 18.8. The second kappa shape index (κ2) is 6.98. The lowest BCUT2D eigenvalue weighted by molar-refractivity contribution is 0.112. The van der Waals surface area contributed by atoms with Gasteiger partial charge in [0.2, 0.25) is 10.0 Å². The van der Waals surface area contributed by atoms with Crippen molar-refractivity contribution in [3.05, 3.63) is 39.6 Å². The third-order valence-electron chi connectivity index (χ3n) is 4.58. The highest BCUT2D eigenvalue weighted by Gasteiger charge is 2.23. The highest BCUT2D eigenvalue weighted by atomic mass is 32.2. The quantitative estimate of drug-likeness (QED) is 0.636. The maximum atomic E-state index is 12.8. The van der Waals surface area contributed by atoms with Crippen LogP contribution in [0, 0.1) is 13.8 Å². The summed E-state index contributed by atoms with van der Waals surface area (Å²) in [7, 11) is -3.57. The second-order valence-corrected chi connectivity index (χ2v) is 9.55. The van der Waals surface area contributed by atoms with Crippen LogP contribution in [-0.2, 0) is 10.0 Å². The molecule has 1 N–H and O–H groups in total. The minimum Gasteiger partial charge on any atom is -0.354 e. The Morgan fingerprint density at radius 2 is 1.85 bits per heavy atom. The van der Waals surface area contributed by atoms with Crippen molar-refractivity contribution in [3.8, 4) is 11.3 Å². The molecule has 0 aliphatic carbocycles. The number of sulfonamides is 1. The van der Waals surface area contributed by atoms with Gasteiger partial charge in [-0.3, -0.25) is 4.79 Å². The van der Waals surface area contributed by atoms with Crippen LogP contribution < -0.4 is 0 Å². The molecule has 2 aromatic heterocycles. The molecule has 0 fully saturated rings. The number of hydrogen-bond donors (Lipinski definition) is 1. The Morgan fingerprint density at radius 3 is 2.38 bits per heavy atom. The number of rotatable bonds is 6. The number of thiophene rings is 1. The lowest BCUT2D eigenvalue weighted by Gasteiger charge is -2.18. The van der Waals surface area contributed by atoms with Crippen LogP contribution in [0.1, 0.15) is 34.0 Å². The number of benzene rings is 1. The third kappa shape index (κ3) is 3.00. The van der Waals surface area contributed by atoms with Gasteiger partial charge in [-0.25, -0.2) is 8.42 Å². The van der Waals surface area contributed by atoms with Crippen LogP contribution in [0.2, 0.25) is 0 Å². The lowest BCUT2D eigenvalue weighted by atomic mass is 10.1. The first-order valence-corrected chi connectivity index (χ1v) is 10.8. The average molecular weight is 391 g/mol. The summed E-state index contributed by atoms with van der Waals surface area (Å²) in [5.41, 5.74) is 2.98. The minimum atomic E-state index is -3.57. The number of aromatic nitrogens is 1. The number of aldehydes is 1. The molecule has 0 radical (unpaired) electrons. The SMILES string of the molecule is CCN(CC)S(=O)(=O)c1ccc2[nH]c(-c3cc(C)sc3C)c(C=O)c2c1. The van der Waals surface area contributed by atoms with Crippen molar-refractivity contribution < 1.29 is 13.2 Å². The molecule has 1 aromatic carbocycles. The molecule has 2 heterocycles. The predicted molar refractivity (Wildman–Crippen MR) is 107 cm³/mol. The zero-order valence-electron chi connectivity index (χ0n) is 15.3. The van der Waals surface area contributed by atoms with Crippen molar-refractivity contribution in [1.29, 1.82) is 0 Å². The molecule has 0 saturated heterocycles. The van der Waals surface area contributed by atoms with Crippen molar-refractivity contribution in [3.63, 3.8) is 0 Å². The molecule has 5 nitrogen and oxygen atoms in total. The topological polar surface area (TPSA) is 70.2 Å². The van der Waals surface area contributed by atoms with Gasteiger partial charge in [-0.1, -0.05) is 13.8 Å². The Bertz CT molecular complexity index is 1070. The number of nitrogens with zero attached hydrogens (tertiary/aromatic N) is 1. The van der Waals surface area contributed by atoms with E-state index in [1.165, 1.54) is 4.31 Å². The zero-order chi connectivity index (χ0) is 19.1. The molecule has 0 spiro atoms. The summed E-state index contributed by atoms with van der Waals surface area (Å²) in [5, 5.41) is 0.631. The number of aromatic amines is 1. The molecular formula is C19H22N2O3S2. The summed E-state index contributed by atoms with van der Waals surface area (Å²) >= 11 is 1.67. The van der Waals surface area contributed by atoms with Gasteiger partial charge in [-0.15, -0.1) is 11.3 Å². The summed E-state index contributed by atoms with van der Waals surface area (Å²) in [6, 6.07) is 6.97. The zero-order valence-corrected chi connectivity index (χ0v) is 16.9. The van der Waals surface area contributed by atoms with Crippen molar-refractivity contribution >= 4 is 38.5 Å². The number of nitrogens with one attached hydrogen (secondary N) is 1. The van der Waals surface area contributed by atoms with Crippen LogP contribution in [0.5, 0.6) is 0 Å². The summed E-state index contributed by atoms with van der Waals surface area (Å²) in [5.74, 6) is 0. The van der Waals surface area contributed by atoms with Crippen molar-refractivity contribution in [1.82, 2.24) is 9.29 Å². The molecule has 138 valence electrons. The Kier molecular flexibility index (Phi) is 5.05. The van der Waals surface area contributed by atoms with Crippen LogP contribution in [0.15, 0.2) is 29.2 Å². The van der Waals surface area contributed by atoms with Crippen molar-refractivity contribution in [2.24, 2.45) is 0 Å². The van der Waals surface area contributed by atoms with Crippen molar-refractivity contribution in [2.75, 3.05) is 13.1 Å². The van der Waals surface area contributed by atoms with E-state index in [4.69, 9.17) is 0 Å². The molecule has 0 aliphatic heterocycles. The van der Waals surface area contributed by atoms with E-state index in [0.29, 0.717) is 24.0 Å². The summed E-state index contributed by atoms with van der Waals surface area (Å²) in [6.07, 6.45) is 0.800. The van der Waals surface area contributed by atoms with E-state index in [1.54, 1.807) is 29.5 Å². The second-order valence-electron chi connectivity index (χ2n) is 6.16. The standard InChI is InChI=1S/C19H22N2O3S2/c1-5-21(6-2)26(23,24)14-7-8-18-16(10-14)17(11-22)19(20-18)15-9-12(3)25-13(15)4/h7-11,20H,5-6H2,1-4H3. The fourth-order valence-corrected chi connectivity index (χ4v) is 5.69. The van der Waals surface area contributed by atoms with Gasteiger partial charge < -0.3 is 4.98 Å². The molecule has 0 bridgehead atoms. The first-order valence-electron chi connectivity index (χ1n) is 8.51. The van der Waals surface area contributed by atoms with E-state index in [2.05, 4.69) is 4.98 Å². The third-order valence-corrected chi connectivity index (χ3v) is 7.59. The van der Waals surface area contributed by atoms with Crippen molar-refractivity contribution in [2.45, 2.75) is 32.6 Å². The number of hydrogen-bond acceptors (Lipinski definition) is 4. The van der Waals surface area contributed by atoms with Crippen LogP contribution >= 0.6 is 11.3 Å². The van der Waals surface area contributed by atoms with E-state index < -0.39 is 10.0 Å². The molecule has 0 unspecified atom stereocenters. The maximum absolute atomic E-state index is 12.8. The largest absolute Gasteiger partial charge is 0.354 e. The summed E-state index contributed by atoms with van der Waals surface area (Å²) < 4.78 is 27.0. The van der Waals surface area contributed by atoms with Crippen LogP contribution in [0.25, 0.3) is 22.2 Å². The first-order chi connectivity index (χ1) is 12.3. The molecule has 3 rings (SSSR count). The van der Waals surface area contributed by atoms with E-state index in [-0.39, 0.29) is 4.90 Å². The predicted octanol–water partition coefficient (Wildman–Crippen LogP) is 4.36. The Hall–Kier alpha value is -1.96. The smallest absolute Gasteiger partial charge is 0.243 e. The van der Waals surface area contributed by atoms with E-state index in [1.807, 2.05) is 33.8 Å². The van der Waals surface area contributed by atoms with E-state index in [9.17, 15) is 13.2 Å². The molecule has 0 saturated carbocycles. The Balaban J connectivity index is 2.23. The fraction of sp³-hybridized carbons (Fsp3) is 0.316. The number of H-pyrrole nitrogens is 1. The van der Waals surface area contributed by atoms with Crippen LogP contribution in [-0.4, -0.2) is 37.1 Å². The molecule has 0 amide bonds. The normalized spacial score (nSPS) is 12.2. The van der Waals surface area contributed by atoms with Crippen LogP contribution in [0.3, 0.4) is 0 Å². The Morgan fingerprint density at radius 1 is 1.15 bits per heavy atom. The van der Waals surface area contributed by atoms with Gasteiger partial charge in [0.1, 0.15) is 0 Å². The van der Waals surface area contributed by atoms with Crippen LogP contribution in [0.4, 0.5) is 0 Å². The van der Waals surface area contributed by atoms with E-state index >= 15 is 0 Å². The highest BCUT2D eigenvalue weighted by molar-refractivity contribution is 7.89. The molecular weight excluding hydrogens is 368 g/mol. The number of fused-ring (bicyclic) bond motifs is 1. The summed E-state index contributed by atoms with van der Waals surface area (Å²) in [4.78, 5) is 17.6. The minimum absolute atomic E-state index is 0.209.